The van der Waals surface area contributed by atoms with E-state index in [-0.39, 0.29) is 29.7 Å². The SMILES string of the molecule is Cc1cc(C(=O)c2c(-c3ccc(O)cc3)sc3cc(O)ccc23)cc(C)c1OCCN1CCCCC1.Cl. The van der Waals surface area contributed by atoms with E-state index in [2.05, 4.69) is 4.90 Å². The summed E-state index contributed by atoms with van der Waals surface area (Å²) in [6.45, 7) is 7.83. The Labute approximate surface area is 227 Å². The van der Waals surface area contributed by atoms with E-state index in [1.165, 1.54) is 30.6 Å². The summed E-state index contributed by atoms with van der Waals surface area (Å²) < 4.78 is 7.02. The molecule has 194 valence electrons. The molecule has 0 bridgehead atoms. The topological polar surface area (TPSA) is 70.0 Å². The Morgan fingerprint density at radius 1 is 0.919 bits per heavy atom. The minimum Gasteiger partial charge on any atom is -0.508 e. The lowest BCUT2D eigenvalue weighted by Gasteiger charge is -2.26. The van der Waals surface area contributed by atoms with Gasteiger partial charge in [0.2, 0.25) is 0 Å². The van der Waals surface area contributed by atoms with Gasteiger partial charge in [0.15, 0.2) is 5.78 Å². The maximum Gasteiger partial charge on any atom is 0.195 e. The van der Waals surface area contributed by atoms with Crippen molar-refractivity contribution in [1.29, 1.82) is 0 Å². The van der Waals surface area contributed by atoms with Gasteiger partial charge in [-0.15, -0.1) is 23.7 Å². The van der Waals surface area contributed by atoms with Crippen molar-refractivity contribution in [1.82, 2.24) is 4.90 Å². The number of likely N-dealkylation sites (tertiary alicyclic amines) is 1. The first-order valence-corrected chi connectivity index (χ1v) is 13.3. The molecule has 1 saturated heterocycles. The third-order valence-corrected chi connectivity index (χ3v) is 8.06. The van der Waals surface area contributed by atoms with Gasteiger partial charge in [-0.05, 0) is 111 Å². The molecule has 0 aliphatic carbocycles. The lowest BCUT2D eigenvalue weighted by atomic mass is 9.95. The van der Waals surface area contributed by atoms with Crippen LogP contribution in [-0.2, 0) is 0 Å². The molecule has 0 atom stereocenters. The van der Waals surface area contributed by atoms with Crippen molar-refractivity contribution in [2.75, 3.05) is 26.2 Å². The highest BCUT2D eigenvalue weighted by molar-refractivity contribution is 7.22. The summed E-state index contributed by atoms with van der Waals surface area (Å²) in [6, 6.07) is 15.8. The van der Waals surface area contributed by atoms with Crippen LogP contribution in [-0.4, -0.2) is 47.1 Å². The van der Waals surface area contributed by atoms with Gasteiger partial charge in [0.25, 0.3) is 0 Å². The van der Waals surface area contributed by atoms with Gasteiger partial charge in [-0.3, -0.25) is 9.69 Å². The van der Waals surface area contributed by atoms with Gasteiger partial charge < -0.3 is 14.9 Å². The number of ketones is 1. The first-order valence-electron chi connectivity index (χ1n) is 12.5. The third-order valence-electron chi connectivity index (χ3n) is 6.86. The van der Waals surface area contributed by atoms with Crippen molar-refractivity contribution in [3.63, 3.8) is 0 Å². The average Bonchev–Trinajstić information content (AvgIpc) is 3.24. The number of fused-ring (bicyclic) bond motifs is 1. The number of ether oxygens (including phenoxy) is 1. The lowest BCUT2D eigenvalue weighted by molar-refractivity contribution is 0.104. The quantitative estimate of drug-likeness (QED) is 0.246. The van der Waals surface area contributed by atoms with Crippen LogP contribution in [0.2, 0.25) is 0 Å². The second kappa shape index (κ2) is 11.5. The van der Waals surface area contributed by atoms with Crippen LogP contribution in [0.5, 0.6) is 17.2 Å². The van der Waals surface area contributed by atoms with Crippen LogP contribution >= 0.6 is 23.7 Å². The van der Waals surface area contributed by atoms with Crippen molar-refractivity contribution in [3.8, 4) is 27.7 Å². The second-order valence-corrected chi connectivity index (χ2v) is 10.6. The zero-order valence-corrected chi connectivity index (χ0v) is 22.8. The molecular formula is C30H32ClNO4S. The van der Waals surface area contributed by atoms with Crippen LogP contribution in [0, 0.1) is 13.8 Å². The number of phenolic OH excluding ortho intramolecular Hbond substituents is 2. The lowest BCUT2D eigenvalue weighted by Crippen LogP contribution is -2.33. The van der Waals surface area contributed by atoms with Gasteiger partial charge >= 0.3 is 0 Å². The van der Waals surface area contributed by atoms with E-state index >= 15 is 0 Å². The van der Waals surface area contributed by atoms with Gasteiger partial charge in [-0.25, -0.2) is 0 Å². The number of carbonyl (C=O) groups excluding carboxylic acids is 1. The van der Waals surface area contributed by atoms with Crippen molar-refractivity contribution in [2.24, 2.45) is 0 Å². The van der Waals surface area contributed by atoms with E-state index in [1.807, 2.05) is 38.1 Å². The number of piperidine rings is 1. The number of hydrogen-bond donors (Lipinski definition) is 2. The number of halogens is 1. The van der Waals surface area contributed by atoms with Crippen molar-refractivity contribution >= 4 is 39.6 Å². The van der Waals surface area contributed by atoms with Gasteiger partial charge in [0, 0.05) is 32.6 Å². The molecule has 0 amide bonds. The summed E-state index contributed by atoms with van der Waals surface area (Å²) in [5.41, 5.74) is 3.96. The highest BCUT2D eigenvalue weighted by atomic mass is 35.5. The molecular weight excluding hydrogens is 506 g/mol. The Bertz CT molecular complexity index is 1380. The van der Waals surface area contributed by atoms with E-state index in [9.17, 15) is 15.0 Å². The van der Waals surface area contributed by atoms with Crippen LogP contribution < -0.4 is 4.74 Å². The standard InChI is InChI=1S/C30H31NO4S.ClH/c1-19-16-22(17-20(2)29(19)35-15-14-31-12-4-3-5-13-31)28(34)27-25-11-10-24(33)18-26(25)36-30(27)21-6-8-23(32)9-7-21;/h6-11,16-18,32-33H,3-5,12-15H2,1-2H3;1H. The fourth-order valence-electron chi connectivity index (χ4n) is 5.04. The number of nitrogens with zero attached hydrogens (tertiary/aromatic N) is 1. The van der Waals surface area contributed by atoms with Crippen molar-refractivity contribution in [2.45, 2.75) is 33.1 Å². The van der Waals surface area contributed by atoms with E-state index < -0.39 is 0 Å². The fraction of sp³-hybridized carbons (Fsp3) is 0.300. The predicted octanol–water partition coefficient (Wildman–Crippen LogP) is 7.11. The summed E-state index contributed by atoms with van der Waals surface area (Å²) in [5, 5.41) is 20.6. The Hall–Kier alpha value is -3.06. The molecule has 0 radical (unpaired) electrons. The average molecular weight is 538 g/mol. The van der Waals surface area contributed by atoms with Gasteiger partial charge in [0.05, 0.1) is 0 Å². The zero-order chi connectivity index (χ0) is 25.2. The first-order chi connectivity index (χ1) is 17.4. The van der Waals surface area contributed by atoms with E-state index in [0.29, 0.717) is 17.7 Å². The molecule has 2 N–H and O–H groups in total. The third kappa shape index (κ3) is 5.77. The van der Waals surface area contributed by atoms with Crippen molar-refractivity contribution in [3.05, 3.63) is 76.9 Å². The van der Waals surface area contributed by atoms with Crippen LogP contribution in [0.15, 0.2) is 54.6 Å². The molecule has 0 unspecified atom stereocenters. The van der Waals surface area contributed by atoms with Gasteiger partial charge in [-0.1, -0.05) is 6.42 Å². The number of rotatable bonds is 7. The smallest absolute Gasteiger partial charge is 0.195 e. The normalized spacial score (nSPS) is 13.9. The molecule has 5 rings (SSSR count). The second-order valence-electron chi connectivity index (χ2n) is 9.55. The van der Waals surface area contributed by atoms with Crippen LogP contribution in [0.25, 0.3) is 20.5 Å². The molecule has 1 fully saturated rings. The van der Waals surface area contributed by atoms with Crippen molar-refractivity contribution < 1.29 is 19.7 Å². The van der Waals surface area contributed by atoms with Crippen LogP contribution in [0.3, 0.4) is 0 Å². The summed E-state index contributed by atoms with van der Waals surface area (Å²) in [7, 11) is 0. The van der Waals surface area contributed by atoms with Crippen LogP contribution in [0.4, 0.5) is 0 Å². The number of aryl methyl sites for hydroxylation is 2. The number of hydrogen-bond acceptors (Lipinski definition) is 6. The van der Waals surface area contributed by atoms with Gasteiger partial charge in [-0.2, -0.15) is 0 Å². The number of benzene rings is 3. The maximum atomic E-state index is 14.0. The molecule has 5 nitrogen and oxygen atoms in total. The Balaban J connectivity index is 0.00000320. The molecule has 1 aliphatic heterocycles. The number of phenols is 2. The molecule has 2 heterocycles. The fourth-order valence-corrected chi connectivity index (χ4v) is 6.28. The number of thiophene rings is 1. The highest BCUT2D eigenvalue weighted by Gasteiger charge is 2.23. The first kappa shape index (κ1) is 27.0. The largest absolute Gasteiger partial charge is 0.508 e. The molecule has 3 aromatic carbocycles. The summed E-state index contributed by atoms with van der Waals surface area (Å²) in [6.07, 6.45) is 3.84. The predicted molar refractivity (Wildman–Crippen MR) is 153 cm³/mol. The Morgan fingerprint density at radius 3 is 2.24 bits per heavy atom. The molecule has 7 heteroatoms. The number of aromatic hydroxyl groups is 2. The molecule has 1 aliphatic rings. The summed E-state index contributed by atoms with van der Waals surface area (Å²) >= 11 is 1.46. The Morgan fingerprint density at radius 2 is 1.57 bits per heavy atom. The van der Waals surface area contributed by atoms with E-state index in [0.717, 1.165) is 57.0 Å². The minimum atomic E-state index is -0.0684. The van der Waals surface area contributed by atoms with Gasteiger partial charge in [0.1, 0.15) is 23.9 Å². The molecule has 4 aromatic rings. The Kier molecular flexibility index (Phi) is 8.42. The molecule has 0 saturated carbocycles. The zero-order valence-electron chi connectivity index (χ0n) is 21.1. The number of carbonyl (C=O) groups is 1. The van der Waals surface area contributed by atoms with Crippen LogP contribution in [0.1, 0.15) is 46.3 Å². The minimum absolute atomic E-state index is 0. The maximum absolute atomic E-state index is 14.0. The van der Waals surface area contributed by atoms with E-state index in [1.54, 1.807) is 30.3 Å². The molecule has 0 spiro atoms. The van der Waals surface area contributed by atoms with E-state index in [4.69, 9.17) is 4.74 Å². The monoisotopic (exact) mass is 537 g/mol. The molecule has 37 heavy (non-hydrogen) atoms. The summed E-state index contributed by atoms with van der Waals surface area (Å²) in [5.74, 6) is 1.12. The molecule has 1 aromatic heterocycles. The summed E-state index contributed by atoms with van der Waals surface area (Å²) in [4.78, 5) is 17.2. The highest BCUT2D eigenvalue weighted by Crippen LogP contribution is 2.42.